The van der Waals surface area contributed by atoms with Crippen LogP contribution in [0, 0.1) is 0 Å². The molecular weight excluding hydrogens is 194 g/mol. The van der Waals surface area contributed by atoms with Crippen molar-refractivity contribution in [2.24, 2.45) is 4.99 Å². The highest BCUT2D eigenvalue weighted by Crippen LogP contribution is 2.19. The first-order valence-corrected chi connectivity index (χ1v) is 7.10. The van der Waals surface area contributed by atoms with Gasteiger partial charge in [-0.1, -0.05) is 45.6 Å². The lowest BCUT2D eigenvalue weighted by molar-refractivity contribution is 0.577. The molecule has 0 aliphatic carbocycles. The van der Waals surface area contributed by atoms with Crippen LogP contribution in [-0.2, 0) is 0 Å². The zero-order valence-corrected chi connectivity index (χ0v) is 11.0. The van der Waals surface area contributed by atoms with E-state index in [0.29, 0.717) is 6.04 Å². The predicted octanol–water partition coefficient (Wildman–Crippen LogP) is 4.92. The van der Waals surface area contributed by atoms with E-state index in [1.54, 1.807) is 0 Å². The van der Waals surface area contributed by atoms with Gasteiger partial charge in [-0.2, -0.15) is 0 Å². The van der Waals surface area contributed by atoms with Crippen molar-refractivity contribution in [3.05, 3.63) is 12.2 Å². The first kappa shape index (κ1) is 13.5. The van der Waals surface area contributed by atoms with Crippen LogP contribution in [-0.4, -0.2) is 11.8 Å². The summed E-state index contributed by atoms with van der Waals surface area (Å²) in [5.41, 5.74) is 1.35. The number of aliphatic imine (C=N–C) groups is 1. The summed E-state index contributed by atoms with van der Waals surface area (Å²) in [6.07, 6.45) is 16.2. The number of rotatable bonds is 8. The van der Waals surface area contributed by atoms with Crippen LogP contribution in [0.15, 0.2) is 17.1 Å². The lowest BCUT2D eigenvalue weighted by Gasteiger charge is -2.02. The number of hydrogen-bond donors (Lipinski definition) is 0. The van der Waals surface area contributed by atoms with Crippen LogP contribution < -0.4 is 0 Å². The molecule has 0 saturated carbocycles. The minimum absolute atomic E-state index is 0.634. The number of hydrogen-bond acceptors (Lipinski definition) is 1. The molecule has 0 aromatic carbocycles. The summed E-state index contributed by atoms with van der Waals surface area (Å²) in [5, 5.41) is 0. The van der Waals surface area contributed by atoms with Crippen molar-refractivity contribution in [1.29, 1.82) is 0 Å². The van der Waals surface area contributed by atoms with E-state index in [-0.39, 0.29) is 0 Å². The second-order valence-corrected chi connectivity index (χ2v) is 4.85. The molecule has 0 radical (unpaired) electrons. The summed E-state index contributed by atoms with van der Waals surface area (Å²) in [6.45, 7) is 4.51. The van der Waals surface area contributed by atoms with Gasteiger partial charge in [0, 0.05) is 5.71 Å². The van der Waals surface area contributed by atoms with Gasteiger partial charge in [0.15, 0.2) is 0 Å². The highest BCUT2D eigenvalue weighted by Gasteiger charge is 2.14. The smallest absolute Gasteiger partial charge is 0.0506 e. The number of unbranched alkanes of at least 4 members (excludes halogenated alkanes) is 4. The molecule has 0 saturated heterocycles. The summed E-state index contributed by atoms with van der Waals surface area (Å²) >= 11 is 0. The van der Waals surface area contributed by atoms with Gasteiger partial charge >= 0.3 is 0 Å². The van der Waals surface area contributed by atoms with Crippen LogP contribution in [0.1, 0.15) is 71.6 Å². The Bertz CT molecular complexity index is 228. The van der Waals surface area contributed by atoms with E-state index in [1.165, 1.54) is 63.5 Å². The van der Waals surface area contributed by atoms with Crippen molar-refractivity contribution < 1.29 is 0 Å². The normalized spacial score (nSPS) is 20.6. The van der Waals surface area contributed by atoms with E-state index >= 15 is 0 Å². The Kier molecular flexibility index (Phi) is 7.20. The molecule has 1 aliphatic rings. The van der Waals surface area contributed by atoms with Gasteiger partial charge in [-0.05, 0) is 38.2 Å². The molecule has 1 nitrogen and oxygen atoms in total. The third-order valence-electron chi connectivity index (χ3n) is 3.26. The van der Waals surface area contributed by atoms with E-state index in [4.69, 9.17) is 4.99 Å². The van der Waals surface area contributed by atoms with Gasteiger partial charge in [0.25, 0.3) is 0 Å². The number of allylic oxidation sites excluding steroid dienone is 2. The minimum atomic E-state index is 0.634. The summed E-state index contributed by atoms with van der Waals surface area (Å²) in [7, 11) is 0. The maximum absolute atomic E-state index is 4.77. The third kappa shape index (κ3) is 5.48. The van der Waals surface area contributed by atoms with Crippen LogP contribution in [0.4, 0.5) is 0 Å². The Morgan fingerprint density at radius 2 is 2.00 bits per heavy atom. The second kappa shape index (κ2) is 8.55. The maximum Gasteiger partial charge on any atom is 0.0506 e. The SMILES string of the molecule is CCCCC/C=C/C1=NC(CCCC)CC1. The Morgan fingerprint density at radius 1 is 1.19 bits per heavy atom. The van der Waals surface area contributed by atoms with Crippen LogP contribution >= 0.6 is 0 Å². The maximum atomic E-state index is 4.77. The zero-order valence-electron chi connectivity index (χ0n) is 11.0. The van der Waals surface area contributed by atoms with E-state index in [0.717, 1.165) is 0 Å². The Hall–Kier alpha value is -0.590. The van der Waals surface area contributed by atoms with Gasteiger partial charge in [0.05, 0.1) is 6.04 Å². The molecule has 0 bridgehead atoms. The summed E-state index contributed by atoms with van der Waals surface area (Å²) in [6, 6.07) is 0.634. The van der Waals surface area contributed by atoms with Crippen LogP contribution in [0.3, 0.4) is 0 Å². The molecule has 1 aliphatic heterocycles. The summed E-state index contributed by atoms with van der Waals surface area (Å²) in [5.74, 6) is 0. The molecule has 0 spiro atoms. The monoisotopic (exact) mass is 221 g/mol. The van der Waals surface area contributed by atoms with Gasteiger partial charge in [0.1, 0.15) is 0 Å². The van der Waals surface area contributed by atoms with E-state index in [1.807, 2.05) is 0 Å². The molecule has 1 heteroatoms. The summed E-state index contributed by atoms with van der Waals surface area (Å²) < 4.78 is 0. The van der Waals surface area contributed by atoms with Crippen molar-refractivity contribution in [2.45, 2.75) is 77.7 Å². The molecule has 0 N–H and O–H groups in total. The van der Waals surface area contributed by atoms with E-state index in [2.05, 4.69) is 26.0 Å². The van der Waals surface area contributed by atoms with Crippen molar-refractivity contribution in [3.63, 3.8) is 0 Å². The fraction of sp³-hybridized carbons (Fsp3) is 0.800. The first-order valence-electron chi connectivity index (χ1n) is 7.10. The van der Waals surface area contributed by atoms with Gasteiger partial charge in [0.2, 0.25) is 0 Å². The fourth-order valence-electron chi connectivity index (χ4n) is 2.18. The molecule has 1 atom stereocenters. The zero-order chi connectivity index (χ0) is 11.6. The predicted molar refractivity (Wildman–Crippen MR) is 73.3 cm³/mol. The Labute approximate surface area is 101 Å². The highest BCUT2D eigenvalue weighted by atomic mass is 14.8. The number of nitrogens with zero attached hydrogens (tertiary/aromatic N) is 1. The molecule has 1 heterocycles. The van der Waals surface area contributed by atoms with Gasteiger partial charge in [-0.25, -0.2) is 0 Å². The van der Waals surface area contributed by atoms with Gasteiger partial charge < -0.3 is 0 Å². The average molecular weight is 221 g/mol. The molecule has 1 rings (SSSR count). The lowest BCUT2D eigenvalue weighted by Crippen LogP contribution is -1.97. The molecule has 92 valence electrons. The largest absolute Gasteiger partial charge is 0.286 e. The molecule has 0 fully saturated rings. The topological polar surface area (TPSA) is 12.4 Å². The standard InChI is InChI=1S/C15H27N/c1-3-5-7-8-9-11-15-13-12-14(16-15)10-6-4-2/h9,11,14H,3-8,10,12-13H2,1-2H3/b11-9+. The van der Waals surface area contributed by atoms with E-state index in [9.17, 15) is 0 Å². The quantitative estimate of drug-likeness (QED) is 0.516. The lowest BCUT2D eigenvalue weighted by atomic mass is 10.1. The van der Waals surface area contributed by atoms with Crippen molar-refractivity contribution in [1.82, 2.24) is 0 Å². The van der Waals surface area contributed by atoms with Gasteiger partial charge in [-0.3, -0.25) is 4.99 Å². The molecule has 16 heavy (non-hydrogen) atoms. The van der Waals surface area contributed by atoms with Crippen LogP contribution in [0.5, 0.6) is 0 Å². The Morgan fingerprint density at radius 3 is 2.75 bits per heavy atom. The molecule has 0 aromatic heterocycles. The van der Waals surface area contributed by atoms with Crippen molar-refractivity contribution in [2.75, 3.05) is 0 Å². The minimum Gasteiger partial charge on any atom is -0.286 e. The first-order chi connectivity index (χ1) is 7.86. The third-order valence-corrected chi connectivity index (χ3v) is 3.26. The molecule has 0 amide bonds. The fourth-order valence-corrected chi connectivity index (χ4v) is 2.18. The average Bonchev–Trinajstić information content (AvgIpc) is 2.74. The molecule has 0 aromatic rings. The van der Waals surface area contributed by atoms with Crippen molar-refractivity contribution in [3.8, 4) is 0 Å². The summed E-state index contributed by atoms with van der Waals surface area (Å²) in [4.78, 5) is 4.77. The highest BCUT2D eigenvalue weighted by molar-refractivity contribution is 5.96. The Balaban J connectivity index is 2.17. The second-order valence-electron chi connectivity index (χ2n) is 4.85. The van der Waals surface area contributed by atoms with Crippen LogP contribution in [0.25, 0.3) is 0 Å². The van der Waals surface area contributed by atoms with E-state index < -0.39 is 0 Å². The molecule has 1 unspecified atom stereocenters. The molecular formula is C15H27N. The van der Waals surface area contributed by atoms with Crippen molar-refractivity contribution >= 4 is 5.71 Å². The van der Waals surface area contributed by atoms with Crippen LogP contribution in [0.2, 0.25) is 0 Å². The van der Waals surface area contributed by atoms with Gasteiger partial charge in [-0.15, -0.1) is 0 Å².